The molecule has 0 spiro atoms. The van der Waals surface area contributed by atoms with Gasteiger partial charge in [0.2, 0.25) is 0 Å². The molecule has 2 aromatic rings. The van der Waals surface area contributed by atoms with Gasteiger partial charge in [-0.1, -0.05) is 18.2 Å². The fourth-order valence-corrected chi connectivity index (χ4v) is 3.63. The summed E-state index contributed by atoms with van der Waals surface area (Å²) in [6, 6.07) is 11.8. The summed E-state index contributed by atoms with van der Waals surface area (Å²) in [4.78, 5) is 19.7. The van der Waals surface area contributed by atoms with Gasteiger partial charge < -0.3 is 10.5 Å². The van der Waals surface area contributed by atoms with Crippen LogP contribution in [-0.4, -0.2) is 31.3 Å². The molecule has 0 fully saturated rings. The predicted molar refractivity (Wildman–Crippen MR) is 104 cm³/mol. The van der Waals surface area contributed by atoms with Gasteiger partial charge in [0, 0.05) is 24.4 Å². The number of ether oxygens (including phenoxy) is 1. The third kappa shape index (κ3) is 2.88. The van der Waals surface area contributed by atoms with E-state index in [-0.39, 0.29) is 11.9 Å². The summed E-state index contributed by atoms with van der Waals surface area (Å²) in [5.74, 6) is 0.790. The Morgan fingerprint density at radius 1 is 1.27 bits per heavy atom. The van der Waals surface area contributed by atoms with Gasteiger partial charge in [0.1, 0.15) is 5.75 Å². The molecule has 5 nitrogen and oxygen atoms in total. The first kappa shape index (κ1) is 16.8. The maximum absolute atomic E-state index is 13.2. The molecule has 0 saturated heterocycles. The molecule has 2 heterocycles. The van der Waals surface area contributed by atoms with Gasteiger partial charge in [-0.2, -0.15) is 0 Å². The van der Waals surface area contributed by atoms with Gasteiger partial charge in [0.25, 0.3) is 5.91 Å². The number of hydrogen-bond donors (Lipinski definition) is 1. The Balaban J connectivity index is 1.65. The summed E-state index contributed by atoms with van der Waals surface area (Å²) < 4.78 is 5.88. The number of nitrogens with zero attached hydrogens (tertiary/aromatic N) is 2. The van der Waals surface area contributed by atoms with Crippen LogP contribution in [0.1, 0.15) is 34.3 Å². The van der Waals surface area contributed by atoms with E-state index in [0.29, 0.717) is 24.4 Å². The maximum Gasteiger partial charge on any atom is 0.261 e. The van der Waals surface area contributed by atoms with Crippen molar-refractivity contribution in [3.05, 3.63) is 53.1 Å². The second-order valence-corrected chi connectivity index (χ2v) is 6.83. The zero-order valence-electron chi connectivity index (χ0n) is 14.9. The molecule has 2 aromatic carbocycles. The van der Waals surface area contributed by atoms with Gasteiger partial charge in [-0.25, -0.2) is 0 Å². The first-order chi connectivity index (χ1) is 12.7. The molecule has 0 aliphatic carbocycles. The van der Waals surface area contributed by atoms with Crippen molar-refractivity contribution in [3.8, 4) is 5.75 Å². The summed E-state index contributed by atoms with van der Waals surface area (Å²) in [5.41, 5.74) is 9.97. The fourth-order valence-electron chi connectivity index (χ4n) is 3.63. The highest BCUT2D eigenvalue weighted by atomic mass is 16.5. The Bertz CT molecular complexity index is 876. The van der Waals surface area contributed by atoms with E-state index in [4.69, 9.17) is 10.5 Å². The van der Waals surface area contributed by atoms with Crippen LogP contribution in [0.25, 0.3) is 0 Å². The molecule has 2 aliphatic heterocycles. The van der Waals surface area contributed by atoms with E-state index in [0.717, 1.165) is 36.3 Å². The van der Waals surface area contributed by atoms with Crippen molar-refractivity contribution in [2.24, 2.45) is 10.7 Å². The standard InChI is InChI=1S/C21H23N3O2/c1-14-10-17-18(12-20(14)26-9-5-4-8-22)23-13-16-11-15-6-2-3-7-19(15)24(16)21(17)25/h2-3,6-7,10,12-13,16H,4-5,8-9,11,22H2,1H3/t16-/m0/s1. The molecular weight excluding hydrogens is 326 g/mol. The van der Waals surface area contributed by atoms with Crippen LogP contribution in [0.3, 0.4) is 0 Å². The first-order valence-electron chi connectivity index (χ1n) is 9.12. The Morgan fingerprint density at radius 3 is 2.96 bits per heavy atom. The molecule has 4 rings (SSSR count). The number of carbonyl (C=O) groups excluding carboxylic acids is 1. The molecule has 2 aliphatic rings. The topological polar surface area (TPSA) is 67.9 Å². The number of anilines is 1. The molecule has 26 heavy (non-hydrogen) atoms. The number of aryl methyl sites for hydroxylation is 1. The van der Waals surface area contributed by atoms with Crippen LogP contribution in [0, 0.1) is 6.92 Å². The largest absolute Gasteiger partial charge is 0.493 e. The van der Waals surface area contributed by atoms with Gasteiger partial charge in [-0.3, -0.25) is 14.7 Å². The molecule has 1 amide bonds. The quantitative estimate of drug-likeness (QED) is 0.841. The lowest BCUT2D eigenvalue weighted by Crippen LogP contribution is -2.37. The van der Waals surface area contributed by atoms with Crippen LogP contribution in [0.15, 0.2) is 41.4 Å². The van der Waals surface area contributed by atoms with Crippen molar-refractivity contribution in [1.29, 1.82) is 0 Å². The van der Waals surface area contributed by atoms with E-state index in [1.165, 1.54) is 5.56 Å². The summed E-state index contributed by atoms with van der Waals surface area (Å²) in [6.07, 6.45) is 4.55. The van der Waals surface area contributed by atoms with Crippen LogP contribution < -0.4 is 15.4 Å². The van der Waals surface area contributed by atoms with Crippen LogP contribution in [0.2, 0.25) is 0 Å². The Labute approximate surface area is 153 Å². The number of carbonyl (C=O) groups is 1. The van der Waals surface area contributed by atoms with E-state index < -0.39 is 0 Å². The van der Waals surface area contributed by atoms with Crippen molar-refractivity contribution in [3.63, 3.8) is 0 Å². The second kappa shape index (κ2) is 6.92. The molecule has 0 bridgehead atoms. The molecule has 0 radical (unpaired) electrons. The lowest BCUT2D eigenvalue weighted by Gasteiger charge is -2.21. The summed E-state index contributed by atoms with van der Waals surface area (Å²) >= 11 is 0. The van der Waals surface area contributed by atoms with Gasteiger partial charge in [0.15, 0.2) is 0 Å². The zero-order valence-corrected chi connectivity index (χ0v) is 14.9. The number of para-hydroxylation sites is 1. The highest BCUT2D eigenvalue weighted by molar-refractivity contribution is 6.14. The van der Waals surface area contributed by atoms with E-state index in [1.807, 2.05) is 48.4 Å². The van der Waals surface area contributed by atoms with Crippen LogP contribution in [0.4, 0.5) is 11.4 Å². The number of fused-ring (bicyclic) bond motifs is 4. The SMILES string of the molecule is Cc1cc2c(cc1OCCCCN)N=C[C@@H]1Cc3ccccc3N1C2=O. The number of hydrogen-bond acceptors (Lipinski definition) is 4. The minimum absolute atomic E-state index is 0.00484. The molecule has 134 valence electrons. The number of aliphatic imine (C=N–C) groups is 1. The van der Waals surface area contributed by atoms with Crippen LogP contribution in [-0.2, 0) is 6.42 Å². The normalized spacial score (nSPS) is 17.5. The van der Waals surface area contributed by atoms with E-state index in [9.17, 15) is 4.79 Å². The summed E-state index contributed by atoms with van der Waals surface area (Å²) in [6.45, 7) is 3.26. The highest BCUT2D eigenvalue weighted by Gasteiger charge is 2.36. The predicted octanol–water partition coefficient (Wildman–Crippen LogP) is 3.40. The third-order valence-electron chi connectivity index (χ3n) is 5.00. The molecule has 0 aromatic heterocycles. The monoisotopic (exact) mass is 349 g/mol. The smallest absolute Gasteiger partial charge is 0.261 e. The summed E-state index contributed by atoms with van der Waals surface area (Å²) in [5, 5.41) is 0. The molecular formula is C21H23N3O2. The molecule has 1 atom stereocenters. The Hall–Kier alpha value is -2.66. The Kier molecular flexibility index (Phi) is 4.47. The third-order valence-corrected chi connectivity index (χ3v) is 5.00. The minimum atomic E-state index is -0.0264. The molecule has 5 heteroatoms. The second-order valence-electron chi connectivity index (χ2n) is 6.83. The number of unbranched alkanes of at least 4 members (excludes halogenated alkanes) is 1. The lowest BCUT2D eigenvalue weighted by atomic mass is 10.1. The van der Waals surface area contributed by atoms with Gasteiger partial charge in [-0.05, 0) is 49.6 Å². The van der Waals surface area contributed by atoms with Gasteiger partial charge >= 0.3 is 0 Å². The van der Waals surface area contributed by atoms with Crippen LogP contribution in [0.5, 0.6) is 5.75 Å². The van der Waals surface area contributed by atoms with Crippen molar-refractivity contribution >= 4 is 23.5 Å². The average Bonchev–Trinajstić information content (AvgIpc) is 2.96. The van der Waals surface area contributed by atoms with E-state index in [2.05, 4.69) is 11.1 Å². The Morgan fingerprint density at radius 2 is 2.12 bits per heavy atom. The highest BCUT2D eigenvalue weighted by Crippen LogP contribution is 2.38. The van der Waals surface area contributed by atoms with E-state index >= 15 is 0 Å². The van der Waals surface area contributed by atoms with E-state index in [1.54, 1.807) is 0 Å². The molecule has 2 N–H and O–H groups in total. The molecule has 0 saturated carbocycles. The maximum atomic E-state index is 13.2. The van der Waals surface area contributed by atoms with Gasteiger partial charge in [0.05, 0.1) is 23.9 Å². The zero-order chi connectivity index (χ0) is 18.1. The number of nitrogens with two attached hydrogens (primary N) is 1. The summed E-state index contributed by atoms with van der Waals surface area (Å²) in [7, 11) is 0. The van der Waals surface area contributed by atoms with Crippen molar-refractivity contribution in [2.45, 2.75) is 32.2 Å². The van der Waals surface area contributed by atoms with Crippen molar-refractivity contribution in [2.75, 3.05) is 18.1 Å². The number of amides is 1. The number of benzene rings is 2. The minimum Gasteiger partial charge on any atom is -0.493 e. The number of rotatable bonds is 5. The van der Waals surface area contributed by atoms with Crippen molar-refractivity contribution < 1.29 is 9.53 Å². The lowest BCUT2D eigenvalue weighted by molar-refractivity contribution is 0.0987. The average molecular weight is 349 g/mol. The van der Waals surface area contributed by atoms with Crippen molar-refractivity contribution in [1.82, 2.24) is 0 Å². The first-order valence-corrected chi connectivity index (χ1v) is 9.12. The molecule has 0 unspecified atom stereocenters. The van der Waals surface area contributed by atoms with Gasteiger partial charge in [-0.15, -0.1) is 0 Å². The fraction of sp³-hybridized carbons (Fsp3) is 0.333. The van der Waals surface area contributed by atoms with Crippen LogP contribution >= 0.6 is 0 Å².